The van der Waals surface area contributed by atoms with Crippen LogP contribution in [-0.4, -0.2) is 47.4 Å². The standard InChI is InChI=1S/C65H127NO5/c1-3-5-7-9-11-13-15-17-19-20-21-22-23-24-25-26-27-30-33-37-41-45-49-53-57-63(68)62(61-67)66-64(69)58-54-50-46-42-38-34-31-28-29-32-36-40-44-48-52-56-60-71-65(70)59-55-51-47-43-39-35-18-16-14-12-10-8-6-4-2/h53,57,62-63,67-68H,3-52,54-56,58-61H2,1-2H3,(H,66,69)/b57-53+. The number of carbonyl (C=O) groups is 2. The van der Waals surface area contributed by atoms with Crippen molar-refractivity contribution >= 4 is 11.9 Å². The molecule has 0 aliphatic carbocycles. The highest BCUT2D eigenvalue weighted by atomic mass is 16.5. The average molecular weight is 1000 g/mol. The number of allylic oxidation sites excluding steroid dienone is 1. The van der Waals surface area contributed by atoms with Crippen LogP contribution >= 0.6 is 0 Å². The highest BCUT2D eigenvalue weighted by molar-refractivity contribution is 5.76. The van der Waals surface area contributed by atoms with E-state index in [4.69, 9.17) is 4.74 Å². The van der Waals surface area contributed by atoms with Gasteiger partial charge in [0.05, 0.1) is 25.4 Å². The summed E-state index contributed by atoms with van der Waals surface area (Å²) in [4.78, 5) is 24.6. The molecule has 0 rings (SSSR count). The Hall–Kier alpha value is -1.40. The maximum Gasteiger partial charge on any atom is 0.305 e. The summed E-state index contributed by atoms with van der Waals surface area (Å²) in [5.74, 6) is -0.0645. The molecule has 0 saturated carbocycles. The predicted molar refractivity (Wildman–Crippen MR) is 310 cm³/mol. The van der Waals surface area contributed by atoms with Crippen LogP contribution in [0.1, 0.15) is 367 Å². The summed E-state index contributed by atoms with van der Waals surface area (Å²) in [6, 6.07) is -0.633. The number of ether oxygens (including phenoxy) is 1. The Morgan fingerprint density at radius 2 is 0.648 bits per heavy atom. The summed E-state index contributed by atoms with van der Waals surface area (Å²) in [7, 11) is 0. The number of hydrogen-bond acceptors (Lipinski definition) is 5. The second-order valence-electron chi connectivity index (χ2n) is 22.5. The summed E-state index contributed by atoms with van der Waals surface area (Å²) < 4.78 is 5.48. The van der Waals surface area contributed by atoms with Gasteiger partial charge in [-0.3, -0.25) is 9.59 Å². The van der Waals surface area contributed by atoms with E-state index in [1.165, 1.54) is 295 Å². The highest BCUT2D eigenvalue weighted by Gasteiger charge is 2.18. The van der Waals surface area contributed by atoms with Gasteiger partial charge in [0.15, 0.2) is 0 Å². The zero-order valence-corrected chi connectivity index (χ0v) is 48.2. The third kappa shape index (κ3) is 57.7. The molecule has 0 aliphatic rings. The molecule has 0 aromatic rings. The van der Waals surface area contributed by atoms with E-state index in [1.807, 2.05) is 6.08 Å². The van der Waals surface area contributed by atoms with E-state index in [-0.39, 0.29) is 18.5 Å². The second kappa shape index (κ2) is 61.1. The molecule has 0 heterocycles. The van der Waals surface area contributed by atoms with Crippen molar-refractivity contribution in [3.63, 3.8) is 0 Å². The zero-order chi connectivity index (χ0) is 51.4. The van der Waals surface area contributed by atoms with Gasteiger partial charge in [0.25, 0.3) is 0 Å². The van der Waals surface area contributed by atoms with Crippen molar-refractivity contribution in [1.29, 1.82) is 0 Å². The molecule has 0 aliphatic heterocycles. The molecule has 0 aromatic heterocycles. The van der Waals surface area contributed by atoms with Gasteiger partial charge in [0.2, 0.25) is 5.91 Å². The summed E-state index contributed by atoms with van der Waals surface area (Å²) in [6.07, 6.45) is 74.0. The number of rotatable bonds is 61. The summed E-state index contributed by atoms with van der Waals surface area (Å²) >= 11 is 0. The number of esters is 1. The molecule has 1 amide bonds. The topological polar surface area (TPSA) is 95.9 Å². The van der Waals surface area contributed by atoms with Gasteiger partial charge in [-0.25, -0.2) is 0 Å². The van der Waals surface area contributed by atoms with E-state index in [0.717, 1.165) is 44.9 Å². The fourth-order valence-corrected chi connectivity index (χ4v) is 10.3. The van der Waals surface area contributed by atoms with E-state index >= 15 is 0 Å². The Morgan fingerprint density at radius 1 is 0.380 bits per heavy atom. The Kier molecular flexibility index (Phi) is 59.9. The van der Waals surface area contributed by atoms with Crippen molar-refractivity contribution in [2.24, 2.45) is 0 Å². The molecule has 3 N–H and O–H groups in total. The molecule has 2 unspecified atom stereocenters. The van der Waals surface area contributed by atoms with Crippen molar-refractivity contribution in [1.82, 2.24) is 5.32 Å². The van der Waals surface area contributed by atoms with Crippen molar-refractivity contribution < 1.29 is 24.5 Å². The van der Waals surface area contributed by atoms with Gasteiger partial charge in [0, 0.05) is 12.8 Å². The lowest BCUT2D eigenvalue weighted by Crippen LogP contribution is -2.45. The number of aliphatic hydroxyl groups is 2. The van der Waals surface area contributed by atoms with Gasteiger partial charge < -0.3 is 20.3 Å². The molecule has 2 atom stereocenters. The predicted octanol–water partition coefficient (Wildman–Crippen LogP) is 20.4. The monoisotopic (exact) mass is 1000 g/mol. The smallest absolute Gasteiger partial charge is 0.305 e. The fraction of sp³-hybridized carbons (Fsp3) is 0.938. The third-order valence-electron chi connectivity index (χ3n) is 15.3. The van der Waals surface area contributed by atoms with Gasteiger partial charge >= 0.3 is 5.97 Å². The van der Waals surface area contributed by atoms with Crippen LogP contribution in [0.4, 0.5) is 0 Å². The third-order valence-corrected chi connectivity index (χ3v) is 15.3. The molecule has 0 spiro atoms. The Morgan fingerprint density at radius 3 is 0.958 bits per heavy atom. The largest absolute Gasteiger partial charge is 0.466 e. The number of hydrogen-bond donors (Lipinski definition) is 3. The molecule has 6 heteroatoms. The van der Waals surface area contributed by atoms with Crippen LogP contribution in [0, 0.1) is 0 Å². The van der Waals surface area contributed by atoms with Gasteiger partial charge in [-0.1, -0.05) is 334 Å². The highest BCUT2D eigenvalue weighted by Crippen LogP contribution is 2.18. The van der Waals surface area contributed by atoms with Gasteiger partial charge in [-0.05, 0) is 32.1 Å². The SMILES string of the molecule is CCCCCCCCCCCCCCCCCCCCCCCC/C=C/C(O)C(CO)NC(=O)CCCCCCCCCCCCCCCCCCOC(=O)CCCCCCCCCCCCCCCC. The van der Waals surface area contributed by atoms with Gasteiger partial charge in [-0.2, -0.15) is 0 Å². The Balaban J connectivity index is 3.44. The molecule has 71 heavy (non-hydrogen) atoms. The number of carbonyl (C=O) groups excluding carboxylic acids is 2. The number of nitrogens with one attached hydrogen (secondary N) is 1. The first kappa shape index (κ1) is 69.6. The van der Waals surface area contributed by atoms with Crippen LogP contribution in [0.15, 0.2) is 12.2 Å². The van der Waals surface area contributed by atoms with Gasteiger partial charge in [-0.15, -0.1) is 0 Å². The molecular weight excluding hydrogens is 875 g/mol. The quantitative estimate of drug-likeness (QED) is 0.0320. The molecule has 0 radical (unpaired) electrons. The van der Waals surface area contributed by atoms with Crippen LogP contribution in [0.2, 0.25) is 0 Å². The van der Waals surface area contributed by atoms with Crippen molar-refractivity contribution in [3.8, 4) is 0 Å². The summed E-state index contributed by atoms with van der Waals surface area (Å²) in [5.41, 5.74) is 0. The summed E-state index contributed by atoms with van der Waals surface area (Å²) in [5, 5.41) is 23.2. The number of aliphatic hydroxyl groups excluding tert-OH is 2. The van der Waals surface area contributed by atoms with Crippen LogP contribution in [0.3, 0.4) is 0 Å². The minimum atomic E-state index is -0.850. The molecule has 6 nitrogen and oxygen atoms in total. The van der Waals surface area contributed by atoms with Crippen LogP contribution in [0.5, 0.6) is 0 Å². The number of amides is 1. The molecule has 0 aromatic carbocycles. The lowest BCUT2D eigenvalue weighted by atomic mass is 10.0. The zero-order valence-electron chi connectivity index (χ0n) is 48.2. The van der Waals surface area contributed by atoms with Crippen molar-refractivity contribution in [3.05, 3.63) is 12.2 Å². The number of unbranched alkanes of at least 4 members (excludes halogenated alkanes) is 50. The second-order valence-corrected chi connectivity index (χ2v) is 22.5. The molecule has 0 saturated heterocycles. The summed E-state index contributed by atoms with van der Waals surface area (Å²) in [6.45, 7) is 4.93. The van der Waals surface area contributed by atoms with E-state index in [9.17, 15) is 19.8 Å². The molecular formula is C65H127NO5. The van der Waals surface area contributed by atoms with Crippen LogP contribution in [0.25, 0.3) is 0 Å². The minimum absolute atomic E-state index is 0.00558. The Bertz CT molecular complexity index is 1060. The minimum Gasteiger partial charge on any atom is -0.466 e. The average Bonchev–Trinajstić information content (AvgIpc) is 3.37. The van der Waals surface area contributed by atoms with E-state index < -0.39 is 12.1 Å². The molecule has 0 fully saturated rings. The van der Waals surface area contributed by atoms with Crippen LogP contribution < -0.4 is 5.32 Å². The van der Waals surface area contributed by atoms with Crippen molar-refractivity contribution in [2.45, 2.75) is 379 Å². The van der Waals surface area contributed by atoms with Crippen molar-refractivity contribution in [2.75, 3.05) is 13.2 Å². The van der Waals surface area contributed by atoms with E-state index in [0.29, 0.717) is 19.4 Å². The normalized spacial score (nSPS) is 12.6. The lowest BCUT2D eigenvalue weighted by Gasteiger charge is -2.20. The van der Waals surface area contributed by atoms with E-state index in [1.54, 1.807) is 6.08 Å². The van der Waals surface area contributed by atoms with E-state index in [2.05, 4.69) is 19.2 Å². The van der Waals surface area contributed by atoms with Crippen LogP contribution in [-0.2, 0) is 14.3 Å². The maximum absolute atomic E-state index is 12.5. The lowest BCUT2D eigenvalue weighted by molar-refractivity contribution is -0.143. The van der Waals surface area contributed by atoms with Gasteiger partial charge in [0.1, 0.15) is 0 Å². The maximum atomic E-state index is 12.5. The first-order valence-electron chi connectivity index (χ1n) is 32.5. The first-order valence-corrected chi connectivity index (χ1v) is 32.5. The fourth-order valence-electron chi connectivity index (χ4n) is 10.3. The molecule has 0 bridgehead atoms. The first-order chi connectivity index (χ1) is 35.0. The Labute approximate surface area is 444 Å². The molecule has 422 valence electrons.